The number of nitrogens with zero attached hydrogens (tertiary/aromatic N) is 1. The third kappa shape index (κ3) is 1.99. The van der Waals surface area contributed by atoms with E-state index >= 15 is 0 Å². The standard InChI is InChI=1S/C9H14N2O3/c1-6-5-8(13)11(9(6)14)4-3-7(12)10-2/h5,13-14H,3-4H2,1-2H3,(H,10,12). The zero-order chi connectivity index (χ0) is 10.7. The van der Waals surface area contributed by atoms with Gasteiger partial charge in [0.05, 0.1) is 0 Å². The van der Waals surface area contributed by atoms with Crippen LogP contribution in [0.25, 0.3) is 0 Å². The highest BCUT2D eigenvalue weighted by Crippen LogP contribution is 2.26. The highest BCUT2D eigenvalue weighted by Gasteiger charge is 2.10. The van der Waals surface area contributed by atoms with Crippen molar-refractivity contribution in [1.29, 1.82) is 0 Å². The van der Waals surface area contributed by atoms with Crippen LogP contribution in [0, 0.1) is 6.92 Å². The Morgan fingerprint density at radius 3 is 2.64 bits per heavy atom. The Kier molecular flexibility index (Phi) is 3.01. The Bertz CT molecular complexity index is 344. The predicted molar refractivity (Wildman–Crippen MR) is 51.2 cm³/mol. The van der Waals surface area contributed by atoms with Crippen LogP contribution in [0.4, 0.5) is 0 Å². The van der Waals surface area contributed by atoms with Gasteiger partial charge in [-0.25, -0.2) is 0 Å². The van der Waals surface area contributed by atoms with Gasteiger partial charge in [0.1, 0.15) is 0 Å². The monoisotopic (exact) mass is 198 g/mol. The van der Waals surface area contributed by atoms with Crippen LogP contribution in [0.5, 0.6) is 11.8 Å². The number of carbonyl (C=O) groups excluding carboxylic acids is 1. The van der Waals surface area contributed by atoms with Gasteiger partial charge in [0.25, 0.3) is 0 Å². The topological polar surface area (TPSA) is 74.5 Å². The average Bonchev–Trinajstić information content (AvgIpc) is 2.39. The van der Waals surface area contributed by atoms with Crippen molar-refractivity contribution < 1.29 is 15.0 Å². The molecule has 0 spiro atoms. The molecule has 1 aromatic heterocycles. The Hall–Kier alpha value is -1.65. The van der Waals surface area contributed by atoms with Crippen molar-refractivity contribution in [2.75, 3.05) is 7.05 Å². The van der Waals surface area contributed by atoms with E-state index in [1.54, 1.807) is 14.0 Å². The van der Waals surface area contributed by atoms with Crippen LogP contribution in [-0.4, -0.2) is 27.7 Å². The summed E-state index contributed by atoms with van der Waals surface area (Å²) in [6, 6.07) is 1.46. The first-order chi connectivity index (χ1) is 6.56. The van der Waals surface area contributed by atoms with Crippen LogP contribution >= 0.6 is 0 Å². The number of aromatic nitrogens is 1. The van der Waals surface area contributed by atoms with Crippen molar-refractivity contribution in [3.05, 3.63) is 11.6 Å². The number of amides is 1. The summed E-state index contributed by atoms with van der Waals surface area (Å²) in [6.07, 6.45) is 0.228. The lowest BCUT2D eigenvalue weighted by atomic mass is 10.4. The summed E-state index contributed by atoms with van der Waals surface area (Å²) in [7, 11) is 1.54. The molecule has 0 saturated carbocycles. The van der Waals surface area contributed by atoms with E-state index in [4.69, 9.17) is 0 Å². The summed E-state index contributed by atoms with van der Waals surface area (Å²) in [5, 5.41) is 21.3. The van der Waals surface area contributed by atoms with Crippen molar-refractivity contribution in [1.82, 2.24) is 9.88 Å². The van der Waals surface area contributed by atoms with Crippen molar-refractivity contribution >= 4 is 5.91 Å². The minimum Gasteiger partial charge on any atom is -0.494 e. The smallest absolute Gasteiger partial charge is 0.221 e. The molecule has 0 saturated heterocycles. The van der Waals surface area contributed by atoms with Crippen LogP contribution in [0.2, 0.25) is 0 Å². The van der Waals surface area contributed by atoms with Gasteiger partial charge in [0.2, 0.25) is 5.91 Å². The van der Waals surface area contributed by atoms with Crippen LogP contribution < -0.4 is 5.32 Å². The normalized spacial score (nSPS) is 10.1. The van der Waals surface area contributed by atoms with Crippen molar-refractivity contribution in [2.45, 2.75) is 19.9 Å². The van der Waals surface area contributed by atoms with Crippen molar-refractivity contribution in [3.63, 3.8) is 0 Å². The van der Waals surface area contributed by atoms with E-state index in [9.17, 15) is 15.0 Å². The van der Waals surface area contributed by atoms with Gasteiger partial charge in [-0.15, -0.1) is 0 Å². The summed E-state index contributed by atoms with van der Waals surface area (Å²) in [6.45, 7) is 1.95. The fourth-order valence-corrected chi connectivity index (χ4v) is 1.22. The van der Waals surface area contributed by atoms with Crippen LogP contribution in [0.3, 0.4) is 0 Å². The second-order valence-corrected chi connectivity index (χ2v) is 3.08. The Morgan fingerprint density at radius 2 is 2.21 bits per heavy atom. The molecule has 14 heavy (non-hydrogen) atoms. The zero-order valence-electron chi connectivity index (χ0n) is 8.24. The van der Waals surface area contributed by atoms with E-state index < -0.39 is 0 Å². The molecule has 1 amide bonds. The minimum atomic E-state index is -0.129. The highest BCUT2D eigenvalue weighted by molar-refractivity contribution is 5.75. The molecule has 0 radical (unpaired) electrons. The number of rotatable bonds is 3. The molecule has 0 aliphatic rings. The number of hydrogen-bond donors (Lipinski definition) is 3. The summed E-state index contributed by atoms with van der Waals surface area (Å²) in [5.41, 5.74) is 0.597. The van der Waals surface area contributed by atoms with E-state index in [1.165, 1.54) is 10.6 Å². The quantitative estimate of drug-likeness (QED) is 0.655. The van der Waals surface area contributed by atoms with Gasteiger partial charge in [0, 0.05) is 31.6 Å². The van der Waals surface area contributed by atoms with E-state index in [1.807, 2.05) is 0 Å². The molecular weight excluding hydrogens is 184 g/mol. The molecule has 0 bridgehead atoms. The molecule has 3 N–H and O–H groups in total. The maximum absolute atomic E-state index is 10.9. The molecule has 5 nitrogen and oxygen atoms in total. The molecule has 0 fully saturated rings. The largest absolute Gasteiger partial charge is 0.494 e. The Labute approximate surface area is 82.0 Å². The summed E-state index contributed by atoms with van der Waals surface area (Å²) in [5.74, 6) is -0.148. The van der Waals surface area contributed by atoms with Gasteiger partial charge in [-0.1, -0.05) is 0 Å². The molecule has 1 rings (SSSR count). The number of nitrogens with one attached hydrogen (secondary N) is 1. The molecular formula is C9H14N2O3. The fourth-order valence-electron chi connectivity index (χ4n) is 1.22. The Morgan fingerprint density at radius 1 is 1.57 bits per heavy atom. The Balaban J connectivity index is 2.71. The van der Waals surface area contributed by atoms with E-state index in [0.717, 1.165) is 0 Å². The second kappa shape index (κ2) is 4.04. The molecule has 0 aromatic carbocycles. The van der Waals surface area contributed by atoms with Crippen LogP contribution in [-0.2, 0) is 11.3 Å². The zero-order valence-corrected chi connectivity index (χ0v) is 8.24. The molecule has 0 atom stereocenters. The van der Waals surface area contributed by atoms with Crippen molar-refractivity contribution in [2.24, 2.45) is 0 Å². The van der Waals surface area contributed by atoms with Gasteiger partial charge >= 0.3 is 0 Å². The van der Waals surface area contributed by atoms with Crippen LogP contribution in [0.15, 0.2) is 6.07 Å². The number of carbonyl (C=O) groups is 1. The predicted octanol–water partition coefficient (Wildman–Crippen LogP) is 0.344. The van der Waals surface area contributed by atoms with Crippen LogP contribution in [0.1, 0.15) is 12.0 Å². The SMILES string of the molecule is CNC(=O)CCn1c(O)cc(C)c1O. The molecule has 1 heterocycles. The fraction of sp³-hybridized carbons (Fsp3) is 0.444. The first kappa shape index (κ1) is 10.4. The average molecular weight is 198 g/mol. The van der Waals surface area contributed by atoms with E-state index in [0.29, 0.717) is 5.56 Å². The third-order valence-electron chi connectivity index (χ3n) is 2.07. The molecule has 78 valence electrons. The van der Waals surface area contributed by atoms with E-state index in [-0.39, 0.29) is 30.6 Å². The lowest BCUT2D eigenvalue weighted by molar-refractivity contribution is -0.120. The first-order valence-electron chi connectivity index (χ1n) is 4.35. The number of hydrogen-bond acceptors (Lipinski definition) is 3. The van der Waals surface area contributed by atoms with Gasteiger partial charge in [-0.2, -0.15) is 0 Å². The molecule has 0 aliphatic carbocycles. The second-order valence-electron chi connectivity index (χ2n) is 3.08. The molecule has 1 aromatic rings. The third-order valence-corrected chi connectivity index (χ3v) is 2.07. The maximum atomic E-state index is 10.9. The lowest BCUT2D eigenvalue weighted by Crippen LogP contribution is -2.19. The number of aryl methyl sites for hydroxylation is 1. The summed E-state index contributed by atoms with van der Waals surface area (Å²) in [4.78, 5) is 10.9. The van der Waals surface area contributed by atoms with Gasteiger partial charge in [-0.05, 0) is 6.92 Å². The number of aromatic hydroxyl groups is 2. The highest BCUT2D eigenvalue weighted by atomic mass is 16.3. The first-order valence-corrected chi connectivity index (χ1v) is 4.35. The van der Waals surface area contributed by atoms with Gasteiger partial charge < -0.3 is 15.5 Å². The molecule has 0 aliphatic heterocycles. The molecule has 0 unspecified atom stereocenters. The minimum absolute atomic E-state index is 0.00593. The maximum Gasteiger partial charge on any atom is 0.221 e. The van der Waals surface area contributed by atoms with Gasteiger partial charge in [-0.3, -0.25) is 9.36 Å². The summed E-state index contributed by atoms with van der Waals surface area (Å²) < 4.78 is 1.30. The van der Waals surface area contributed by atoms with Crippen molar-refractivity contribution in [3.8, 4) is 11.8 Å². The lowest BCUT2D eigenvalue weighted by Gasteiger charge is -2.05. The molecule has 5 heteroatoms. The summed E-state index contributed by atoms with van der Waals surface area (Å²) >= 11 is 0. The van der Waals surface area contributed by atoms with Gasteiger partial charge in [0.15, 0.2) is 11.8 Å². The van der Waals surface area contributed by atoms with E-state index in [2.05, 4.69) is 5.32 Å².